The number of aromatic nitrogens is 2. The van der Waals surface area contributed by atoms with Crippen molar-refractivity contribution in [1.29, 1.82) is 0 Å². The standard InChI is InChI=1S/C24H29N3O3/c1-2-30-14-13-27-17-22(21-7-4-10-25-23(21)27)19-8-11-26(12-9-19)16-18-5-3-6-20(15-18)24(28)29/h3-7,10,15,17,19H,2,8-9,11-14,16H2,1H3,(H,28,29). The third-order valence-corrected chi connectivity index (χ3v) is 5.95. The van der Waals surface area contributed by atoms with Crippen molar-refractivity contribution in [3.8, 4) is 0 Å². The Morgan fingerprint density at radius 1 is 1.23 bits per heavy atom. The van der Waals surface area contributed by atoms with Crippen LogP contribution in [0.1, 0.15) is 47.2 Å². The van der Waals surface area contributed by atoms with Crippen molar-refractivity contribution >= 4 is 17.0 Å². The first-order chi connectivity index (χ1) is 14.7. The fourth-order valence-electron chi connectivity index (χ4n) is 4.42. The van der Waals surface area contributed by atoms with Gasteiger partial charge in [0.25, 0.3) is 0 Å². The highest BCUT2D eigenvalue weighted by Crippen LogP contribution is 2.34. The highest BCUT2D eigenvalue weighted by Gasteiger charge is 2.24. The summed E-state index contributed by atoms with van der Waals surface area (Å²) in [5.41, 5.74) is 3.85. The van der Waals surface area contributed by atoms with Gasteiger partial charge >= 0.3 is 5.97 Å². The van der Waals surface area contributed by atoms with Gasteiger partial charge in [-0.15, -0.1) is 0 Å². The summed E-state index contributed by atoms with van der Waals surface area (Å²) < 4.78 is 7.77. The maximum Gasteiger partial charge on any atom is 0.335 e. The van der Waals surface area contributed by atoms with Crippen LogP contribution in [0.3, 0.4) is 0 Å². The van der Waals surface area contributed by atoms with Gasteiger partial charge in [0.2, 0.25) is 0 Å². The first-order valence-corrected chi connectivity index (χ1v) is 10.7. The first-order valence-electron chi connectivity index (χ1n) is 10.7. The number of fused-ring (bicyclic) bond motifs is 1. The van der Waals surface area contributed by atoms with Crippen LogP contribution in [0.4, 0.5) is 0 Å². The number of carboxylic acids is 1. The number of likely N-dealkylation sites (tertiary alicyclic amines) is 1. The van der Waals surface area contributed by atoms with Gasteiger partial charge in [0.1, 0.15) is 5.65 Å². The largest absolute Gasteiger partial charge is 0.478 e. The molecule has 0 amide bonds. The zero-order chi connectivity index (χ0) is 20.9. The van der Waals surface area contributed by atoms with Gasteiger partial charge in [0, 0.05) is 37.5 Å². The molecular formula is C24H29N3O3. The summed E-state index contributed by atoms with van der Waals surface area (Å²) in [6, 6.07) is 11.5. The van der Waals surface area contributed by atoms with Gasteiger partial charge in [-0.2, -0.15) is 0 Å². The van der Waals surface area contributed by atoms with Gasteiger partial charge in [-0.1, -0.05) is 12.1 Å². The Bertz CT molecular complexity index is 1010. The van der Waals surface area contributed by atoms with E-state index in [-0.39, 0.29) is 0 Å². The lowest BCUT2D eigenvalue weighted by atomic mass is 9.89. The number of aromatic carboxylic acids is 1. The number of carbonyl (C=O) groups is 1. The Balaban J connectivity index is 1.43. The number of rotatable bonds is 8. The van der Waals surface area contributed by atoms with Gasteiger partial charge in [-0.3, -0.25) is 4.90 Å². The summed E-state index contributed by atoms with van der Waals surface area (Å²) in [5.74, 6) is -0.350. The minimum absolute atomic E-state index is 0.356. The molecule has 6 heteroatoms. The van der Waals surface area contributed by atoms with E-state index in [1.54, 1.807) is 12.1 Å². The third-order valence-electron chi connectivity index (χ3n) is 5.95. The lowest BCUT2D eigenvalue weighted by molar-refractivity contribution is 0.0696. The van der Waals surface area contributed by atoms with E-state index in [0.29, 0.717) is 18.1 Å². The SMILES string of the molecule is CCOCCn1cc(C2CCN(Cc3cccc(C(=O)O)c3)CC2)c2cccnc21. The predicted octanol–water partition coefficient (Wildman–Crippen LogP) is 4.15. The lowest BCUT2D eigenvalue weighted by Crippen LogP contribution is -2.32. The second-order valence-electron chi connectivity index (χ2n) is 7.91. The second kappa shape index (κ2) is 9.41. The van der Waals surface area contributed by atoms with Gasteiger partial charge < -0.3 is 14.4 Å². The summed E-state index contributed by atoms with van der Waals surface area (Å²) in [6.07, 6.45) is 6.32. The Morgan fingerprint density at radius 2 is 2.07 bits per heavy atom. The maximum atomic E-state index is 11.2. The van der Waals surface area contributed by atoms with Crippen LogP contribution in [0.15, 0.2) is 48.8 Å². The van der Waals surface area contributed by atoms with Gasteiger partial charge in [0.15, 0.2) is 0 Å². The Labute approximate surface area is 177 Å². The van der Waals surface area contributed by atoms with E-state index < -0.39 is 5.97 Å². The molecule has 3 aromatic rings. The molecule has 1 N–H and O–H groups in total. The molecule has 1 fully saturated rings. The molecule has 1 aliphatic heterocycles. The molecule has 0 spiro atoms. The summed E-state index contributed by atoms with van der Waals surface area (Å²) in [5, 5.41) is 10.5. The maximum absolute atomic E-state index is 11.2. The van der Waals surface area contributed by atoms with E-state index in [2.05, 4.69) is 26.7 Å². The van der Waals surface area contributed by atoms with Crippen LogP contribution in [-0.4, -0.2) is 51.8 Å². The number of piperidine rings is 1. The van der Waals surface area contributed by atoms with Crippen LogP contribution >= 0.6 is 0 Å². The molecule has 0 aliphatic carbocycles. The molecule has 158 valence electrons. The number of ether oxygens (including phenoxy) is 1. The molecule has 0 atom stereocenters. The smallest absolute Gasteiger partial charge is 0.335 e. The topological polar surface area (TPSA) is 67.6 Å². The molecule has 30 heavy (non-hydrogen) atoms. The van der Waals surface area contributed by atoms with Crippen molar-refractivity contribution in [3.05, 3.63) is 65.5 Å². The fraction of sp³-hybridized carbons (Fsp3) is 0.417. The summed E-state index contributed by atoms with van der Waals surface area (Å²) >= 11 is 0. The normalized spacial score (nSPS) is 15.6. The zero-order valence-electron chi connectivity index (χ0n) is 17.5. The van der Waals surface area contributed by atoms with Crippen LogP contribution < -0.4 is 0 Å². The lowest BCUT2D eigenvalue weighted by Gasteiger charge is -2.32. The number of nitrogens with zero attached hydrogens (tertiary/aromatic N) is 3. The van der Waals surface area contributed by atoms with Crippen molar-refractivity contribution in [2.24, 2.45) is 0 Å². The van der Waals surface area contributed by atoms with Crippen molar-refractivity contribution in [1.82, 2.24) is 14.5 Å². The molecule has 2 aromatic heterocycles. The molecular weight excluding hydrogens is 378 g/mol. The Kier molecular flexibility index (Phi) is 6.45. The average molecular weight is 408 g/mol. The van der Waals surface area contributed by atoms with E-state index in [1.807, 2.05) is 31.3 Å². The first kappa shape index (κ1) is 20.6. The molecule has 0 radical (unpaired) electrons. The van der Waals surface area contributed by atoms with Crippen molar-refractivity contribution < 1.29 is 14.6 Å². The minimum Gasteiger partial charge on any atom is -0.478 e. The number of pyridine rings is 1. The highest BCUT2D eigenvalue weighted by molar-refractivity contribution is 5.87. The number of hydrogen-bond acceptors (Lipinski definition) is 4. The summed E-state index contributed by atoms with van der Waals surface area (Å²) in [4.78, 5) is 18.2. The van der Waals surface area contributed by atoms with E-state index >= 15 is 0 Å². The van der Waals surface area contributed by atoms with Gasteiger partial charge in [0.05, 0.1) is 12.2 Å². The van der Waals surface area contributed by atoms with Gasteiger partial charge in [-0.25, -0.2) is 9.78 Å². The predicted molar refractivity (Wildman–Crippen MR) is 117 cm³/mol. The van der Waals surface area contributed by atoms with Crippen molar-refractivity contribution in [3.63, 3.8) is 0 Å². The monoisotopic (exact) mass is 407 g/mol. The molecule has 4 rings (SSSR count). The molecule has 0 unspecified atom stereocenters. The quantitative estimate of drug-likeness (QED) is 0.568. The second-order valence-corrected chi connectivity index (χ2v) is 7.91. The Hall–Kier alpha value is -2.70. The molecule has 6 nitrogen and oxygen atoms in total. The zero-order valence-corrected chi connectivity index (χ0v) is 17.5. The number of carboxylic acid groups (broad SMARTS) is 1. The third kappa shape index (κ3) is 4.55. The summed E-state index contributed by atoms with van der Waals surface area (Å²) in [7, 11) is 0. The molecule has 0 saturated carbocycles. The van der Waals surface area contributed by atoms with Crippen molar-refractivity contribution in [2.75, 3.05) is 26.3 Å². The Morgan fingerprint density at radius 3 is 2.83 bits per heavy atom. The van der Waals surface area contributed by atoms with Crippen LogP contribution in [0.2, 0.25) is 0 Å². The summed E-state index contributed by atoms with van der Waals surface area (Å²) in [6.45, 7) is 7.08. The molecule has 1 saturated heterocycles. The van der Waals surface area contributed by atoms with E-state index in [0.717, 1.165) is 56.8 Å². The number of hydrogen-bond donors (Lipinski definition) is 1. The molecule has 0 bridgehead atoms. The highest BCUT2D eigenvalue weighted by atomic mass is 16.5. The van der Waals surface area contributed by atoms with Gasteiger partial charge in [-0.05, 0) is 74.2 Å². The van der Waals surface area contributed by atoms with Crippen LogP contribution in [0.5, 0.6) is 0 Å². The van der Waals surface area contributed by atoms with E-state index in [9.17, 15) is 9.90 Å². The van der Waals surface area contributed by atoms with E-state index in [1.165, 1.54) is 10.9 Å². The van der Waals surface area contributed by atoms with E-state index in [4.69, 9.17) is 4.74 Å². The van der Waals surface area contributed by atoms with Crippen LogP contribution in [0, 0.1) is 0 Å². The molecule has 3 heterocycles. The fourth-order valence-corrected chi connectivity index (χ4v) is 4.42. The average Bonchev–Trinajstić information content (AvgIpc) is 3.13. The molecule has 1 aromatic carbocycles. The van der Waals surface area contributed by atoms with Crippen LogP contribution in [-0.2, 0) is 17.8 Å². The van der Waals surface area contributed by atoms with Crippen LogP contribution in [0.25, 0.3) is 11.0 Å². The van der Waals surface area contributed by atoms with Crippen molar-refractivity contribution in [2.45, 2.75) is 38.8 Å². The molecule has 1 aliphatic rings. The minimum atomic E-state index is -0.870. The number of benzene rings is 1.